The second kappa shape index (κ2) is 7.87. The Bertz CT molecular complexity index is 703. The van der Waals surface area contributed by atoms with Gasteiger partial charge in [-0.3, -0.25) is 9.59 Å². The number of carbonyl (C=O) groups is 2. The molecule has 0 fully saturated rings. The van der Waals surface area contributed by atoms with Crippen molar-refractivity contribution in [2.75, 3.05) is 5.32 Å². The van der Waals surface area contributed by atoms with Gasteiger partial charge in [0.1, 0.15) is 5.82 Å². The maximum absolute atomic E-state index is 13.1. The molecule has 0 radical (unpaired) electrons. The Kier molecular flexibility index (Phi) is 5.87. The van der Waals surface area contributed by atoms with E-state index in [4.69, 9.17) is 4.74 Å². The number of rotatable bonds is 5. The summed E-state index contributed by atoms with van der Waals surface area (Å²) in [5, 5.41) is 2.65. The van der Waals surface area contributed by atoms with Crippen LogP contribution >= 0.6 is 15.9 Å². The number of ether oxygens (including phenoxy) is 1. The predicted molar refractivity (Wildman–Crippen MR) is 88.4 cm³/mol. The summed E-state index contributed by atoms with van der Waals surface area (Å²) in [6.45, 7) is 1.48. The molecule has 6 heteroatoms. The highest BCUT2D eigenvalue weighted by Gasteiger charge is 2.18. The molecule has 23 heavy (non-hydrogen) atoms. The van der Waals surface area contributed by atoms with Crippen molar-refractivity contribution < 1.29 is 18.7 Å². The number of esters is 1. The van der Waals surface area contributed by atoms with E-state index < -0.39 is 23.8 Å². The van der Waals surface area contributed by atoms with Crippen LogP contribution in [0.3, 0.4) is 0 Å². The van der Waals surface area contributed by atoms with Crippen LogP contribution in [0.2, 0.25) is 0 Å². The Hall–Kier alpha value is -2.21. The fraction of sp³-hybridized carbons (Fsp3) is 0.176. The van der Waals surface area contributed by atoms with Gasteiger partial charge in [-0.05, 0) is 48.9 Å². The first-order valence-corrected chi connectivity index (χ1v) is 7.73. The van der Waals surface area contributed by atoms with Gasteiger partial charge in [0.15, 0.2) is 6.10 Å². The molecule has 0 aliphatic rings. The van der Waals surface area contributed by atoms with Crippen LogP contribution in [-0.2, 0) is 20.7 Å². The minimum absolute atomic E-state index is 0.0896. The third-order valence-electron chi connectivity index (χ3n) is 3.03. The molecule has 0 spiro atoms. The zero-order chi connectivity index (χ0) is 16.8. The van der Waals surface area contributed by atoms with E-state index in [-0.39, 0.29) is 6.42 Å². The topological polar surface area (TPSA) is 55.4 Å². The molecule has 0 saturated carbocycles. The van der Waals surface area contributed by atoms with Crippen LogP contribution in [0.15, 0.2) is 53.0 Å². The molecule has 1 amide bonds. The average molecular weight is 380 g/mol. The van der Waals surface area contributed by atoms with Gasteiger partial charge < -0.3 is 10.1 Å². The van der Waals surface area contributed by atoms with Crippen molar-refractivity contribution in [2.45, 2.75) is 19.4 Å². The Morgan fingerprint density at radius 3 is 2.57 bits per heavy atom. The van der Waals surface area contributed by atoms with Crippen molar-refractivity contribution in [3.63, 3.8) is 0 Å². The molecule has 0 heterocycles. The van der Waals surface area contributed by atoms with E-state index in [1.54, 1.807) is 30.3 Å². The quantitative estimate of drug-likeness (QED) is 0.805. The molecule has 1 atom stereocenters. The largest absolute Gasteiger partial charge is 0.452 e. The standard InChI is InChI=1S/C17H15BrFNO3/c1-11(17(22)20-15-7-5-13(18)6-8-15)23-16(21)10-12-3-2-4-14(19)9-12/h2-9,11H,10H2,1H3,(H,20,22)/t11-/m0/s1. The fourth-order valence-electron chi connectivity index (χ4n) is 1.88. The van der Waals surface area contributed by atoms with E-state index in [1.807, 2.05) is 0 Å². The summed E-state index contributed by atoms with van der Waals surface area (Å²) in [6.07, 6.45) is -1.03. The number of hydrogen-bond donors (Lipinski definition) is 1. The number of anilines is 1. The van der Waals surface area contributed by atoms with Crippen molar-refractivity contribution in [1.29, 1.82) is 0 Å². The lowest BCUT2D eigenvalue weighted by Gasteiger charge is -2.13. The second-order valence-corrected chi connectivity index (χ2v) is 5.85. The lowest BCUT2D eigenvalue weighted by molar-refractivity contribution is -0.152. The van der Waals surface area contributed by atoms with Gasteiger partial charge in [0, 0.05) is 10.2 Å². The molecule has 4 nitrogen and oxygen atoms in total. The Morgan fingerprint density at radius 2 is 1.91 bits per heavy atom. The van der Waals surface area contributed by atoms with Gasteiger partial charge in [0.05, 0.1) is 6.42 Å². The van der Waals surface area contributed by atoms with E-state index in [0.717, 1.165) is 4.47 Å². The van der Waals surface area contributed by atoms with Gasteiger partial charge in [0.25, 0.3) is 5.91 Å². The molecule has 0 aromatic heterocycles. The minimum Gasteiger partial charge on any atom is -0.452 e. The average Bonchev–Trinajstić information content (AvgIpc) is 2.49. The number of hydrogen-bond acceptors (Lipinski definition) is 3. The van der Waals surface area contributed by atoms with Gasteiger partial charge in [-0.15, -0.1) is 0 Å². The van der Waals surface area contributed by atoms with Crippen LogP contribution in [-0.4, -0.2) is 18.0 Å². The first-order valence-electron chi connectivity index (χ1n) is 6.94. The SMILES string of the molecule is C[C@H](OC(=O)Cc1cccc(F)c1)C(=O)Nc1ccc(Br)cc1. The number of halogens is 2. The number of nitrogens with one attached hydrogen (secondary N) is 1. The Morgan fingerprint density at radius 1 is 1.22 bits per heavy atom. The number of amides is 1. The summed E-state index contributed by atoms with van der Waals surface area (Å²) in [4.78, 5) is 23.8. The zero-order valence-electron chi connectivity index (χ0n) is 12.4. The molecule has 120 valence electrons. The van der Waals surface area contributed by atoms with E-state index in [1.165, 1.54) is 25.1 Å². The lowest BCUT2D eigenvalue weighted by Crippen LogP contribution is -2.30. The van der Waals surface area contributed by atoms with Gasteiger partial charge in [-0.25, -0.2) is 4.39 Å². The normalized spacial score (nSPS) is 11.6. The molecule has 0 aliphatic heterocycles. The number of carbonyl (C=O) groups excluding carboxylic acids is 2. The minimum atomic E-state index is -0.945. The van der Waals surface area contributed by atoms with Crippen molar-refractivity contribution in [2.24, 2.45) is 0 Å². The van der Waals surface area contributed by atoms with Crippen molar-refractivity contribution in [3.05, 3.63) is 64.4 Å². The third kappa shape index (κ3) is 5.49. The van der Waals surface area contributed by atoms with Crippen molar-refractivity contribution in [1.82, 2.24) is 0 Å². The molecule has 0 unspecified atom stereocenters. The summed E-state index contributed by atoms with van der Waals surface area (Å²) < 4.78 is 19.0. The van der Waals surface area contributed by atoms with Crippen LogP contribution in [0.1, 0.15) is 12.5 Å². The summed E-state index contributed by atoms with van der Waals surface area (Å²) >= 11 is 3.30. The van der Waals surface area contributed by atoms with E-state index in [0.29, 0.717) is 11.3 Å². The molecule has 0 aliphatic carbocycles. The highest BCUT2D eigenvalue weighted by atomic mass is 79.9. The highest BCUT2D eigenvalue weighted by Crippen LogP contribution is 2.14. The Labute approximate surface area is 141 Å². The maximum Gasteiger partial charge on any atom is 0.311 e. The van der Waals surface area contributed by atoms with Gasteiger partial charge in [-0.1, -0.05) is 28.1 Å². The summed E-state index contributed by atoms with van der Waals surface area (Å²) in [5.41, 5.74) is 1.10. The van der Waals surface area contributed by atoms with Crippen LogP contribution < -0.4 is 5.32 Å². The van der Waals surface area contributed by atoms with Crippen molar-refractivity contribution in [3.8, 4) is 0 Å². The van der Waals surface area contributed by atoms with Crippen LogP contribution in [0.25, 0.3) is 0 Å². The van der Waals surface area contributed by atoms with E-state index in [9.17, 15) is 14.0 Å². The lowest BCUT2D eigenvalue weighted by atomic mass is 10.1. The highest BCUT2D eigenvalue weighted by molar-refractivity contribution is 9.10. The van der Waals surface area contributed by atoms with Crippen LogP contribution in [0.5, 0.6) is 0 Å². The molecule has 1 N–H and O–H groups in total. The third-order valence-corrected chi connectivity index (χ3v) is 3.56. The van der Waals surface area contributed by atoms with E-state index in [2.05, 4.69) is 21.2 Å². The van der Waals surface area contributed by atoms with Crippen molar-refractivity contribution >= 4 is 33.5 Å². The van der Waals surface area contributed by atoms with E-state index >= 15 is 0 Å². The molecule has 2 aromatic rings. The smallest absolute Gasteiger partial charge is 0.311 e. The van der Waals surface area contributed by atoms with Crippen LogP contribution in [0.4, 0.5) is 10.1 Å². The zero-order valence-corrected chi connectivity index (χ0v) is 14.0. The monoisotopic (exact) mass is 379 g/mol. The second-order valence-electron chi connectivity index (χ2n) is 4.93. The maximum atomic E-state index is 13.1. The molecule has 2 rings (SSSR count). The van der Waals surface area contributed by atoms with Gasteiger partial charge >= 0.3 is 5.97 Å². The first-order chi connectivity index (χ1) is 10.9. The fourth-order valence-corrected chi connectivity index (χ4v) is 2.15. The first kappa shape index (κ1) is 17.1. The van der Waals surface area contributed by atoms with Gasteiger partial charge in [-0.2, -0.15) is 0 Å². The molecule has 0 bridgehead atoms. The van der Waals surface area contributed by atoms with Crippen LogP contribution in [0, 0.1) is 5.82 Å². The summed E-state index contributed by atoms with van der Waals surface area (Å²) in [6, 6.07) is 12.7. The Balaban J connectivity index is 1.87. The molecular weight excluding hydrogens is 365 g/mol. The summed E-state index contributed by atoms with van der Waals surface area (Å²) in [7, 11) is 0. The molecular formula is C17H15BrFNO3. The van der Waals surface area contributed by atoms with Gasteiger partial charge in [0.2, 0.25) is 0 Å². The molecule has 0 saturated heterocycles. The predicted octanol–water partition coefficient (Wildman–Crippen LogP) is 3.70. The summed E-state index contributed by atoms with van der Waals surface area (Å²) in [5.74, 6) is -1.44. The molecule has 2 aromatic carbocycles. The number of benzene rings is 2.